The van der Waals surface area contributed by atoms with Crippen molar-refractivity contribution in [2.75, 3.05) is 4.90 Å². The number of carbonyl (C=O) groups is 2. The third-order valence-corrected chi connectivity index (χ3v) is 9.72. The Kier molecular flexibility index (Phi) is 6.73. The second-order valence-electron chi connectivity index (χ2n) is 11.7. The third-order valence-electron chi connectivity index (χ3n) is 8.62. The number of benzene rings is 1. The minimum atomic E-state index is -3.01. The zero-order valence-electron chi connectivity index (χ0n) is 24.0. The van der Waals surface area contributed by atoms with Gasteiger partial charge in [0.25, 0.3) is 5.91 Å². The predicted molar refractivity (Wildman–Crippen MR) is 166 cm³/mol. The van der Waals surface area contributed by atoms with Gasteiger partial charge in [-0.05, 0) is 67.9 Å². The molecular formula is C31H24ClF2N8O3P. The number of fused-ring (bicyclic) bond motifs is 2. The van der Waals surface area contributed by atoms with Crippen LogP contribution in [-0.2, 0) is 18.5 Å². The van der Waals surface area contributed by atoms with Gasteiger partial charge in [0.15, 0.2) is 11.4 Å². The van der Waals surface area contributed by atoms with E-state index in [9.17, 15) is 14.0 Å². The maximum Gasteiger partial charge on any atom is 0.370 e. The van der Waals surface area contributed by atoms with Gasteiger partial charge in [-0.2, -0.15) is 9.30 Å². The van der Waals surface area contributed by atoms with Gasteiger partial charge in [0.1, 0.15) is 17.2 Å². The van der Waals surface area contributed by atoms with Crippen molar-refractivity contribution in [3.05, 3.63) is 88.7 Å². The number of pyridine rings is 2. The highest BCUT2D eigenvalue weighted by Crippen LogP contribution is 2.54. The fourth-order valence-electron chi connectivity index (χ4n) is 6.06. The standard InChI is InChI=1S/C31H24ClF2N8O3P/c32-18-11-37-25(38-12-18)15-41-22-5-3-17(10-23(22)45-46(34)30(41)44)26-20-14-39-42(31(7-8-31)24-6-4-19(33)13-36-24)29(20)40-21(9-16-1-2-16)27(26)28(35)43/h3-6,10-14,16H,1-2,7-9,15H2,(H2,35,43). The molecule has 0 saturated heterocycles. The molecule has 1 aromatic carbocycles. The number of halogens is 3. The fraction of sp³-hybridized carbons (Fsp3) is 0.258. The van der Waals surface area contributed by atoms with Gasteiger partial charge < -0.3 is 10.3 Å². The highest BCUT2D eigenvalue weighted by Gasteiger charge is 2.50. The quantitative estimate of drug-likeness (QED) is 0.187. The number of primary amides is 1. The lowest BCUT2D eigenvalue weighted by molar-refractivity contribution is 0.0999. The summed E-state index contributed by atoms with van der Waals surface area (Å²) in [4.78, 5) is 44.9. The van der Waals surface area contributed by atoms with E-state index in [1.54, 1.807) is 35.1 Å². The number of carbonyl (C=O) groups excluding carboxylic acids is 2. The summed E-state index contributed by atoms with van der Waals surface area (Å²) in [5.41, 5.74) is 7.90. The molecule has 1 atom stereocenters. The number of hydrogen-bond donors (Lipinski definition) is 1. The second-order valence-corrected chi connectivity index (χ2v) is 13.2. The van der Waals surface area contributed by atoms with Crippen LogP contribution < -0.4 is 15.2 Å². The summed E-state index contributed by atoms with van der Waals surface area (Å²) in [7, 11) is -3.01. The van der Waals surface area contributed by atoms with Gasteiger partial charge in [-0.15, -0.1) is 0 Å². The van der Waals surface area contributed by atoms with Crippen molar-refractivity contribution in [3.8, 4) is 16.9 Å². The summed E-state index contributed by atoms with van der Waals surface area (Å²) in [6, 6.07) is 7.98. The average Bonchev–Trinajstić information content (AvgIpc) is 3.98. The first-order chi connectivity index (χ1) is 22.2. The van der Waals surface area contributed by atoms with Crippen molar-refractivity contribution in [1.29, 1.82) is 0 Å². The summed E-state index contributed by atoms with van der Waals surface area (Å²) in [6.45, 7) is -0.0989. The lowest BCUT2D eigenvalue weighted by atomic mass is 9.93. The van der Waals surface area contributed by atoms with Crippen LogP contribution in [0.1, 0.15) is 53.3 Å². The Morgan fingerprint density at radius 2 is 1.89 bits per heavy atom. The van der Waals surface area contributed by atoms with Crippen molar-refractivity contribution in [3.63, 3.8) is 0 Å². The van der Waals surface area contributed by atoms with Gasteiger partial charge in [0, 0.05) is 23.3 Å². The maximum atomic E-state index is 15.1. The Morgan fingerprint density at radius 3 is 2.57 bits per heavy atom. The van der Waals surface area contributed by atoms with Gasteiger partial charge in [0.2, 0.25) is 0 Å². The monoisotopic (exact) mass is 660 g/mol. The number of nitrogens with zero attached hydrogens (tertiary/aromatic N) is 7. The Morgan fingerprint density at radius 1 is 1.11 bits per heavy atom. The van der Waals surface area contributed by atoms with Crippen LogP contribution in [0.4, 0.5) is 19.1 Å². The molecule has 5 aromatic rings. The highest BCUT2D eigenvalue weighted by molar-refractivity contribution is 7.66. The molecule has 2 aliphatic carbocycles. The van der Waals surface area contributed by atoms with E-state index in [2.05, 4.69) is 15.0 Å². The van der Waals surface area contributed by atoms with Crippen molar-refractivity contribution in [1.82, 2.24) is 29.7 Å². The summed E-state index contributed by atoms with van der Waals surface area (Å²) in [6.07, 6.45) is 9.64. The van der Waals surface area contributed by atoms with Gasteiger partial charge in [-0.3, -0.25) is 19.5 Å². The zero-order chi connectivity index (χ0) is 31.7. The van der Waals surface area contributed by atoms with E-state index in [1.165, 1.54) is 29.6 Å². The van der Waals surface area contributed by atoms with Crippen LogP contribution in [0.3, 0.4) is 0 Å². The first-order valence-electron chi connectivity index (χ1n) is 14.6. The maximum absolute atomic E-state index is 15.1. The number of nitrogens with two attached hydrogens (primary N) is 1. The Hall–Kier alpha value is -4.61. The smallest absolute Gasteiger partial charge is 0.370 e. The summed E-state index contributed by atoms with van der Waals surface area (Å²) < 4.78 is 36.1. The number of anilines is 1. The highest BCUT2D eigenvalue weighted by atomic mass is 35.5. The van der Waals surface area contributed by atoms with Crippen LogP contribution in [0, 0.1) is 11.7 Å². The van der Waals surface area contributed by atoms with Crippen LogP contribution in [0.25, 0.3) is 22.2 Å². The van der Waals surface area contributed by atoms with Crippen LogP contribution in [0.5, 0.6) is 5.75 Å². The van der Waals surface area contributed by atoms with E-state index in [0.29, 0.717) is 56.6 Å². The fourth-order valence-corrected chi connectivity index (χ4v) is 6.92. The van der Waals surface area contributed by atoms with Crippen LogP contribution >= 0.6 is 20.1 Å². The number of hydrogen-bond acceptors (Lipinski definition) is 8. The molecule has 46 heavy (non-hydrogen) atoms. The van der Waals surface area contributed by atoms with Gasteiger partial charge in [0.05, 0.1) is 46.6 Å². The molecule has 0 bridgehead atoms. The lowest BCUT2D eigenvalue weighted by Gasteiger charge is -2.30. The summed E-state index contributed by atoms with van der Waals surface area (Å²) in [5, 5.41) is 5.62. The SMILES string of the molecule is NC(=O)c1c(CC2CC2)nc2c(cnn2C2(c3ccc(F)cn3)CC2)c1-c1ccc2c(c1)OP(F)C(=O)N2Cc1ncc(Cl)cn1. The first-order valence-corrected chi connectivity index (χ1v) is 16.1. The predicted octanol–water partition coefficient (Wildman–Crippen LogP) is 6.47. The Bertz CT molecular complexity index is 2050. The molecule has 232 valence electrons. The van der Waals surface area contributed by atoms with Crippen LogP contribution in [0.15, 0.2) is 55.1 Å². The molecule has 11 nitrogen and oxygen atoms in total. The molecule has 1 aliphatic heterocycles. The molecule has 4 aromatic heterocycles. The van der Waals surface area contributed by atoms with Gasteiger partial charge >= 0.3 is 14.1 Å². The van der Waals surface area contributed by atoms with E-state index in [-0.39, 0.29) is 23.7 Å². The van der Waals surface area contributed by atoms with Crippen LogP contribution in [-0.4, -0.2) is 41.3 Å². The third kappa shape index (κ3) is 4.85. The zero-order valence-corrected chi connectivity index (χ0v) is 25.7. The van der Waals surface area contributed by atoms with E-state index in [0.717, 1.165) is 25.7 Å². The second kappa shape index (κ2) is 10.7. The molecule has 2 amide bonds. The molecule has 2 fully saturated rings. The van der Waals surface area contributed by atoms with Crippen molar-refractivity contribution >= 4 is 48.3 Å². The Balaban J connectivity index is 1.29. The molecule has 2 saturated carbocycles. The summed E-state index contributed by atoms with van der Waals surface area (Å²) in [5.74, 6) is -0.331. The van der Waals surface area contributed by atoms with Gasteiger partial charge in [-0.1, -0.05) is 17.7 Å². The topological polar surface area (TPSA) is 142 Å². The molecule has 0 radical (unpaired) electrons. The van der Waals surface area contributed by atoms with Crippen molar-refractivity contribution in [2.24, 2.45) is 11.7 Å². The minimum absolute atomic E-state index is 0.0989. The largest absolute Gasteiger partial charge is 0.435 e. The lowest BCUT2D eigenvalue weighted by Crippen LogP contribution is -2.32. The van der Waals surface area contributed by atoms with Crippen LogP contribution in [0.2, 0.25) is 5.02 Å². The molecule has 2 N–H and O–H groups in total. The van der Waals surface area contributed by atoms with Crippen molar-refractivity contribution in [2.45, 2.75) is 44.2 Å². The van der Waals surface area contributed by atoms with E-state index in [4.69, 9.17) is 31.9 Å². The van der Waals surface area contributed by atoms with Crippen molar-refractivity contribution < 1.29 is 22.7 Å². The molecule has 0 spiro atoms. The Labute approximate surface area is 266 Å². The van der Waals surface area contributed by atoms with E-state index in [1.807, 2.05) is 0 Å². The molecule has 5 heterocycles. The number of amides is 2. The molecule has 3 aliphatic rings. The molecule has 8 rings (SSSR count). The minimum Gasteiger partial charge on any atom is -0.435 e. The molecule has 15 heteroatoms. The normalized spacial score (nSPS) is 18.4. The van der Waals surface area contributed by atoms with Gasteiger partial charge in [-0.25, -0.2) is 24.0 Å². The number of aromatic nitrogens is 6. The average molecular weight is 661 g/mol. The first kappa shape index (κ1) is 28.8. The van der Waals surface area contributed by atoms with E-state index < -0.39 is 31.4 Å². The molecular weight excluding hydrogens is 637 g/mol. The summed E-state index contributed by atoms with van der Waals surface area (Å²) >= 11 is 5.91. The number of rotatable bonds is 8. The molecule has 1 unspecified atom stereocenters. The van der Waals surface area contributed by atoms with E-state index >= 15 is 4.20 Å².